The molecule has 0 unspecified atom stereocenters. The third-order valence-corrected chi connectivity index (χ3v) is 4.90. The highest BCUT2D eigenvalue weighted by molar-refractivity contribution is 5.66. The molecule has 0 aliphatic heterocycles. The van der Waals surface area contributed by atoms with E-state index in [0.717, 1.165) is 24.8 Å². The van der Waals surface area contributed by atoms with E-state index in [1.807, 2.05) is 18.2 Å². The van der Waals surface area contributed by atoms with Gasteiger partial charge in [-0.1, -0.05) is 36.5 Å². The van der Waals surface area contributed by atoms with Gasteiger partial charge in [0.25, 0.3) is 0 Å². The highest BCUT2D eigenvalue weighted by atomic mass is 16.4. The van der Waals surface area contributed by atoms with Gasteiger partial charge in [0.1, 0.15) is 0 Å². The first-order valence-corrected chi connectivity index (χ1v) is 9.58. The molecule has 1 rings (SSSR count). The fourth-order valence-corrected chi connectivity index (χ4v) is 3.39. The minimum atomic E-state index is -0.775. The average molecular weight is 366 g/mol. The molecule has 5 nitrogen and oxygen atoms in total. The summed E-state index contributed by atoms with van der Waals surface area (Å²) in [4.78, 5) is 10.5. The van der Waals surface area contributed by atoms with Crippen LogP contribution in [0.1, 0.15) is 58.3 Å². The maximum Gasteiger partial charge on any atom is 0.303 e. The molecule has 0 radical (unpaired) electrons. The van der Waals surface area contributed by atoms with E-state index in [-0.39, 0.29) is 24.4 Å². The zero-order valence-corrected chi connectivity index (χ0v) is 15.8. The summed E-state index contributed by atoms with van der Waals surface area (Å²) in [6.45, 7) is 5.81. The van der Waals surface area contributed by atoms with Gasteiger partial charge in [-0.05, 0) is 57.8 Å². The van der Waals surface area contributed by atoms with Crippen LogP contribution in [-0.2, 0) is 4.79 Å². The Morgan fingerprint density at radius 1 is 1.27 bits per heavy atom. The topological polar surface area (TPSA) is 98.0 Å². The summed E-state index contributed by atoms with van der Waals surface area (Å²) in [5.74, 6) is -0.692. The van der Waals surface area contributed by atoms with Gasteiger partial charge in [-0.2, -0.15) is 0 Å². The van der Waals surface area contributed by atoms with Crippen molar-refractivity contribution in [1.82, 2.24) is 0 Å². The normalized spacial score (nSPS) is 26.0. The zero-order valence-electron chi connectivity index (χ0n) is 15.8. The second-order valence-electron chi connectivity index (χ2n) is 7.34. The SMILES string of the molecule is C=C1C[C@@H](O)[C@H](C=C[C@@H](O)CCC[C@@H](C)O)[C@H]1CC=CCCCC(=O)O. The predicted octanol–water partition coefficient (Wildman–Crippen LogP) is 3.21. The van der Waals surface area contributed by atoms with Crippen LogP contribution in [-0.4, -0.2) is 44.7 Å². The summed E-state index contributed by atoms with van der Waals surface area (Å²) in [5, 5.41) is 38.2. The minimum Gasteiger partial charge on any atom is -0.481 e. The lowest BCUT2D eigenvalue weighted by atomic mass is 9.89. The third-order valence-electron chi connectivity index (χ3n) is 4.90. The highest BCUT2D eigenvalue weighted by Gasteiger charge is 2.35. The molecule has 1 aliphatic rings. The van der Waals surface area contributed by atoms with Crippen LogP contribution in [0.2, 0.25) is 0 Å². The van der Waals surface area contributed by atoms with E-state index in [1.54, 1.807) is 13.0 Å². The Morgan fingerprint density at radius 3 is 2.65 bits per heavy atom. The Hall–Kier alpha value is -1.43. The van der Waals surface area contributed by atoms with Crippen molar-refractivity contribution in [1.29, 1.82) is 0 Å². The molecule has 4 N–H and O–H groups in total. The largest absolute Gasteiger partial charge is 0.481 e. The van der Waals surface area contributed by atoms with E-state index in [1.165, 1.54) is 0 Å². The van der Waals surface area contributed by atoms with Gasteiger partial charge in [-0.25, -0.2) is 0 Å². The lowest BCUT2D eigenvalue weighted by Gasteiger charge is -2.18. The number of carboxylic acids is 1. The van der Waals surface area contributed by atoms with Crippen LogP contribution in [0.4, 0.5) is 0 Å². The summed E-state index contributed by atoms with van der Waals surface area (Å²) in [6, 6.07) is 0. The Bertz CT molecular complexity index is 495. The number of rotatable bonds is 12. The molecular weight excluding hydrogens is 332 g/mol. The zero-order chi connectivity index (χ0) is 19.5. The van der Waals surface area contributed by atoms with Gasteiger partial charge in [-0.15, -0.1) is 0 Å². The van der Waals surface area contributed by atoms with Crippen LogP contribution >= 0.6 is 0 Å². The van der Waals surface area contributed by atoms with E-state index >= 15 is 0 Å². The molecule has 5 heteroatoms. The number of carbonyl (C=O) groups is 1. The summed E-state index contributed by atoms with van der Waals surface area (Å²) in [7, 11) is 0. The Labute approximate surface area is 156 Å². The molecule has 5 atom stereocenters. The molecule has 1 aliphatic carbocycles. The van der Waals surface area contributed by atoms with Crippen molar-refractivity contribution in [2.75, 3.05) is 0 Å². The summed E-state index contributed by atoms with van der Waals surface area (Å²) >= 11 is 0. The van der Waals surface area contributed by atoms with Gasteiger partial charge in [0.05, 0.1) is 18.3 Å². The number of allylic oxidation sites excluding steroid dienone is 2. The molecule has 0 heterocycles. The number of unbranched alkanes of at least 4 members (excludes halogenated alkanes) is 1. The molecule has 0 saturated heterocycles. The van der Waals surface area contributed by atoms with Gasteiger partial charge in [0, 0.05) is 12.3 Å². The molecule has 148 valence electrons. The quantitative estimate of drug-likeness (QED) is 0.314. The predicted molar refractivity (Wildman–Crippen MR) is 103 cm³/mol. The van der Waals surface area contributed by atoms with Gasteiger partial charge in [0.2, 0.25) is 0 Å². The number of aliphatic hydroxyl groups excluding tert-OH is 3. The van der Waals surface area contributed by atoms with Gasteiger partial charge < -0.3 is 20.4 Å². The van der Waals surface area contributed by atoms with Gasteiger partial charge in [0.15, 0.2) is 0 Å². The fourth-order valence-electron chi connectivity index (χ4n) is 3.39. The van der Waals surface area contributed by atoms with Crippen molar-refractivity contribution in [2.24, 2.45) is 11.8 Å². The van der Waals surface area contributed by atoms with Crippen LogP contribution < -0.4 is 0 Å². The van der Waals surface area contributed by atoms with Crippen molar-refractivity contribution < 1.29 is 25.2 Å². The maximum absolute atomic E-state index is 10.5. The van der Waals surface area contributed by atoms with Crippen LogP contribution in [0.5, 0.6) is 0 Å². The first kappa shape index (κ1) is 22.6. The van der Waals surface area contributed by atoms with E-state index in [4.69, 9.17) is 5.11 Å². The molecule has 0 amide bonds. The summed E-state index contributed by atoms with van der Waals surface area (Å²) in [6.07, 6.45) is 11.2. The van der Waals surface area contributed by atoms with Crippen LogP contribution in [0, 0.1) is 11.8 Å². The monoisotopic (exact) mass is 366 g/mol. The van der Waals surface area contributed by atoms with Gasteiger partial charge in [-0.3, -0.25) is 4.79 Å². The Kier molecular flexibility index (Phi) is 10.5. The number of hydrogen-bond donors (Lipinski definition) is 4. The lowest BCUT2D eigenvalue weighted by Crippen LogP contribution is -2.17. The second kappa shape index (κ2) is 12.0. The molecule has 0 spiro atoms. The number of aliphatic hydroxyl groups is 3. The second-order valence-corrected chi connectivity index (χ2v) is 7.34. The van der Waals surface area contributed by atoms with E-state index in [9.17, 15) is 20.1 Å². The first-order valence-electron chi connectivity index (χ1n) is 9.58. The van der Waals surface area contributed by atoms with Crippen molar-refractivity contribution in [3.05, 3.63) is 36.5 Å². The third kappa shape index (κ3) is 8.79. The van der Waals surface area contributed by atoms with E-state index in [0.29, 0.717) is 25.7 Å². The highest BCUT2D eigenvalue weighted by Crippen LogP contribution is 2.39. The molecular formula is C21H34O5. The summed E-state index contributed by atoms with van der Waals surface area (Å²) in [5.41, 5.74) is 1.02. The average Bonchev–Trinajstić information content (AvgIpc) is 2.81. The maximum atomic E-state index is 10.5. The number of carboxylic acid groups (broad SMARTS) is 1. The van der Waals surface area contributed by atoms with Crippen LogP contribution in [0.3, 0.4) is 0 Å². The number of hydrogen-bond acceptors (Lipinski definition) is 4. The van der Waals surface area contributed by atoms with Crippen molar-refractivity contribution in [3.63, 3.8) is 0 Å². The molecule has 0 aromatic heterocycles. The minimum absolute atomic E-state index is 0.0578. The standard InChI is InChI=1S/C21H34O5/c1-15-14-20(24)19(13-12-17(23)9-7-8-16(2)22)18(15)10-5-3-4-6-11-21(25)26/h3,5,12-13,16-20,22-24H,1,4,6-11,14H2,2H3,(H,25,26)/t16-,17+,18+,19-,20-/m1/s1. The fraction of sp³-hybridized carbons (Fsp3) is 0.667. The van der Waals surface area contributed by atoms with Crippen molar-refractivity contribution in [2.45, 2.75) is 76.6 Å². The summed E-state index contributed by atoms with van der Waals surface area (Å²) < 4.78 is 0. The van der Waals surface area contributed by atoms with Gasteiger partial charge >= 0.3 is 5.97 Å². The molecule has 0 bridgehead atoms. The molecule has 1 saturated carbocycles. The molecule has 0 aromatic carbocycles. The molecule has 26 heavy (non-hydrogen) atoms. The van der Waals surface area contributed by atoms with Crippen LogP contribution in [0.15, 0.2) is 36.5 Å². The van der Waals surface area contributed by atoms with Crippen molar-refractivity contribution >= 4 is 5.97 Å². The molecule has 0 aromatic rings. The Balaban J connectivity index is 2.47. The lowest BCUT2D eigenvalue weighted by molar-refractivity contribution is -0.137. The Morgan fingerprint density at radius 2 is 2.00 bits per heavy atom. The van der Waals surface area contributed by atoms with E-state index in [2.05, 4.69) is 6.58 Å². The molecule has 1 fully saturated rings. The van der Waals surface area contributed by atoms with E-state index < -0.39 is 18.2 Å². The first-order chi connectivity index (χ1) is 12.3. The smallest absolute Gasteiger partial charge is 0.303 e. The van der Waals surface area contributed by atoms with Crippen molar-refractivity contribution in [3.8, 4) is 0 Å². The van der Waals surface area contributed by atoms with Crippen LogP contribution in [0.25, 0.3) is 0 Å². The number of aliphatic carboxylic acids is 1.